The van der Waals surface area contributed by atoms with E-state index >= 15 is 0 Å². The maximum atomic E-state index is 13.1. The Morgan fingerprint density at radius 1 is 1.12 bits per heavy atom. The Balaban J connectivity index is 1.56. The zero-order valence-corrected chi connectivity index (χ0v) is 20.8. The second-order valence-electron chi connectivity index (χ2n) is 9.39. The second-order valence-corrected chi connectivity index (χ2v) is 9.80. The smallest absolute Gasteiger partial charge is 0.303 e. The molecule has 2 atom stereocenters. The van der Waals surface area contributed by atoms with E-state index in [4.69, 9.17) is 21.4 Å². The molecule has 1 aromatic carbocycles. The molecule has 34 heavy (non-hydrogen) atoms. The van der Waals surface area contributed by atoms with Crippen LogP contribution in [0.5, 0.6) is 5.75 Å². The van der Waals surface area contributed by atoms with E-state index in [2.05, 4.69) is 15.5 Å². The van der Waals surface area contributed by atoms with Crippen LogP contribution in [0.2, 0.25) is 5.02 Å². The first-order valence-corrected chi connectivity index (χ1v) is 12.6. The van der Waals surface area contributed by atoms with Gasteiger partial charge in [0.05, 0.1) is 23.4 Å². The lowest BCUT2D eigenvalue weighted by atomic mass is 9.81. The highest BCUT2D eigenvalue weighted by atomic mass is 35.5. The molecule has 2 saturated heterocycles. The zero-order valence-electron chi connectivity index (χ0n) is 20.1. The van der Waals surface area contributed by atoms with Gasteiger partial charge in [-0.05, 0) is 51.1 Å². The number of benzene rings is 1. The van der Waals surface area contributed by atoms with E-state index < -0.39 is 5.97 Å². The fraction of sp³-hybridized carbons (Fsp3) is 0.640. The number of aliphatic carboxylic acids is 1. The average molecular weight is 494 g/mol. The Labute approximate surface area is 206 Å². The van der Waals surface area contributed by atoms with Crippen molar-refractivity contribution >= 4 is 35.1 Å². The Morgan fingerprint density at radius 3 is 2.41 bits per heavy atom. The molecule has 3 rings (SSSR count). The summed E-state index contributed by atoms with van der Waals surface area (Å²) in [5, 5.41) is 14.9. The minimum Gasteiger partial charge on any atom is -0.496 e. The van der Waals surface area contributed by atoms with Crippen LogP contribution in [0.25, 0.3) is 0 Å². The molecule has 2 aliphatic heterocycles. The number of halogens is 1. The predicted molar refractivity (Wildman–Crippen MR) is 132 cm³/mol. The maximum absolute atomic E-state index is 13.1. The highest BCUT2D eigenvalue weighted by molar-refractivity contribution is 6.34. The highest BCUT2D eigenvalue weighted by Crippen LogP contribution is 2.35. The summed E-state index contributed by atoms with van der Waals surface area (Å²) >= 11 is 6.30. The molecular formula is C25H36ClN3O5. The number of carboxylic acids is 1. The number of methoxy groups -OCH3 is 1. The van der Waals surface area contributed by atoms with Crippen molar-refractivity contribution in [3.05, 3.63) is 22.7 Å². The van der Waals surface area contributed by atoms with Crippen LogP contribution in [0.3, 0.4) is 0 Å². The van der Waals surface area contributed by atoms with Crippen molar-refractivity contribution in [2.75, 3.05) is 19.0 Å². The zero-order chi connectivity index (χ0) is 24.7. The molecule has 0 aliphatic carbocycles. The van der Waals surface area contributed by atoms with Crippen molar-refractivity contribution in [2.45, 2.75) is 89.3 Å². The van der Waals surface area contributed by atoms with Gasteiger partial charge in [-0.25, -0.2) is 0 Å². The number of nitrogens with zero attached hydrogens (tertiary/aromatic N) is 1. The standard InChI is InChI=1S/C25H36ClN3O5/c1-16(30)27-22-15-23(34-2)20(14-21(22)26)25(33)28-17-12-18-8-7-9-19(13-17)29(18)11-6-4-3-5-10-24(31)32/h14-15,17-19H,3-13H2,1-2H3,(H,27,30)(H,28,33)(H,31,32). The quantitative estimate of drug-likeness (QED) is 0.393. The summed E-state index contributed by atoms with van der Waals surface area (Å²) in [6.45, 7) is 2.43. The van der Waals surface area contributed by atoms with E-state index in [1.54, 1.807) is 12.1 Å². The largest absolute Gasteiger partial charge is 0.496 e. The molecule has 2 fully saturated rings. The number of unbranched alkanes of at least 4 members (excludes halogenated alkanes) is 3. The SMILES string of the molecule is COc1cc(NC(C)=O)c(Cl)cc1C(=O)NC1CC2CCCC(C1)N2CCCCCCC(=O)O. The number of anilines is 1. The molecule has 188 valence electrons. The first-order valence-electron chi connectivity index (χ1n) is 12.2. The third-order valence-corrected chi connectivity index (χ3v) is 7.18. The van der Waals surface area contributed by atoms with Crippen LogP contribution in [-0.4, -0.2) is 59.6 Å². The molecule has 2 unspecified atom stereocenters. The normalized spacial score (nSPS) is 22.1. The lowest BCUT2D eigenvalue weighted by Crippen LogP contribution is -2.57. The van der Waals surface area contributed by atoms with Crippen molar-refractivity contribution in [3.8, 4) is 5.75 Å². The molecule has 2 heterocycles. The molecule has 0 aromatic heterocycles. The number of carbonyl (C=O) groups is 3. The summed E-state index contributed by atoms with van der Waals surface area (Å²) in [6, 6.07) is 4.13. The predicted octanol–water partition coefficient (Wildman–Crippen LogP) is 4.46. The van der Waals surface area contributed by atoms with Gasteiger partial charge in [-0.3, -0.25) is 19.3 Å². The Bertz CT molecular complexity index is 880. The highest BCUT2D eigenvalue weighted by Gasteiger charge is 2.38. The molecule has 2 amide bonds. The second kappa shape index (κ2) is 12.4. The monoisotopic (exact) mass is 493 g/mol. The van der Waals surface area contributed by atoms with Crippen molar-refractivity contribution in [3.63, 3.8) is 0 Å². The van der Waals surface area contributed by atoms with Gasteiger partial charge in [0.1, 0.15) is 5.75 Å². The lowest BCUT2D eigenvalue weighted by molar-refractivity contribution is -0.137. The summed E-state index contributed by atoms with van der Waals surface area (Å²) in [4.78, 5) is 37.8. The maximum Gasteiger partial charge on any atom is 0.303 e. The number of amides is 2. The van der Waals surface area contributed by atoms with Crippen LogP contribution >= 0.6 is 11.6 Å². The number of ether oxygens (including phenoxy) is 1. The molecule has 0 spiro atoms. The van der Waals surface area contributed by atoms with Crippen molar-refractivity contribution < 1.29 is 24.2 Å². The summed E-state index contributed by atoms with van der Waals surface area (Å²) in [7, 11) is 1.49. The van der Waals surface area contributed by atoms with Gasteiger partial charge in [0.15, 0.2) is 0 Å². The minimum absolute atomic E-state index is 0.0909. The Hall–Kier alpha value is -2.32. The third-order valence-electron chi connectivity index (χ3n) is 6.86. The molecule has 2 aliphatic rings. The summed E-state index contributed by atoms with van der Waals surface area (Å²) in [5.41, 5.74) is 0.768. The topological polar surface area (TPSA) is 108 Å². The van der Waals surface area contributed by atoms with Gasteiger partial charge in [-0.15, -0.1) is 0 Å². The number of rotatable bonds is 11. The number of nitrogens with one attached hydrogen (secondary N) is 2. The van der Waals surface area contributed by atoms with Gasteiger partial charge in [0, 0.05) is 37.5 Å². The van der Waals surface area contributed by atoms with E-state index in [1.165, 1.54) is 20.5 Å². The number of hydrogen-bond acceptors (Lipinski definition) is 5. The molecule has 2 bridgehead atoms. The number of fused-ring (bicyclic) bond motifs is 2. The number of carbonyl (C=O) groups excluding carboxylic acids is 2. The van der Waals surface area contributed by atoms with Crippen molar-refractivity contribution in [2.24, 2.45) is 0 Å². The van der Waals surface area contributed by atoms with Gasteiger partial charge in [-0.1, -0.05) is 30.9 Å². The summed E-state index contributed by atoms with van der Waals surface area (Å²) in [6.07, 6.45) is 9.43. The van der Waals surface area contributed by atoms with Gasteiger partial charge in [0.2, 0.25) is 5.91 Å². The minimum atomic E-state index is -0.720. The summed E-state index contributed by atoms with van der Waals surface area (Å²) < 4.78 is 5.40. The fourth-order valence-electron chi connectivity index (χ4n) is 5.33. The van der Waals surface area contributed by atoms with Gasteiger partial charge < -0.3 is 20.5 Å². The van der Waals surface area contributed by atoms with Crippen LogP contribution in [-0.2, 0) is 9.59 Å². The van der Waals surface area contributed by atoms with Crippen LogP contribution < -0.4 is 15.4 Å². The number of hydrogen-bond donors (Lipinski definition) is 3. The van der Waals surface area contributed by atoms with E-state index in [1.807, 2.05) is 0 Å². The van der Waals surface area contributed by atoms with E-state index in [0.29, 0.717) is 29.1 Å². The molecule has 0 saturated carbocycles. The van der Waals surface area contributed by atoms with Gasteiger partial charge in [-0.2, -0.15) is 0 Å². The van der Waals surface area contributed by atoms with E-state index in [9.17, 15) is 14.4 Å². The van der Waals surface area contributed by atoms with E-state index in [0.717, 1.165) is 57.9 Å². The van der Waals surface area contributed by atoms with Crippen molar-refractivity contribution in [1.82, 2.24) is 10.2 Å². The molecule has 9 heteroatoms. The number of carboxylic acid groups (broad SMARTS) is 1. The van der Waals surface area contributed by atoms with Crippen LogP contribution in [0, 0.1) is 0 Å². The molecule has 1 aromatic rings. The van der Waals surface area contributed by atoms with Crippen LogP contribution in [0.1, 0.15) is 81.5 Å². The summed E-state index contributed by atoms with van der Waals surface area (Å²) in [5.74, 6) is -0.823. The Kier molecular flexibility index (Phi) is 9.59. The number of piperidine rings is 2. The van der Waals surface area contributed by atoms with Gasteiger partial charge in [0.25, 0.3) is 5.91 Å². The molecular weight excluding hydrogens is 458 g/mol. The Morgan fingerprint density at radius 2 is 1.79 bits per heavy atom. The molecule has 8 nitrogen and oxygen atoms in total. The first kappa shape index (κ1) is 26.3. The average Bonchev–Trinajstić information content (AvgIpc) is 2.76. The molecule has 3 N–H and O–H groups in total. The first-order chi connectivity index (χ1) is 16.3. The van der Waals surface area contributed by atoms with Crippen LogP contribution in [0.4, 0.5) is 5.69 Å². The van der Waals surface area contributed by atoms with Gasteiger partial charge >= 0.3 is 5.97 Å². The van der Waals surface area contributed by atoms with Crippen LogP contribution in [0.15, 0.2) is 12.1 Å². The third kappa shape index (κ3) is 7.09. The van der Waals surface area contributed by atoms with E-state index in [-0.39, 0.29) is 29.3 Å². The fourth-order valence-corrected chi connectivity index (χ4v) is 5.54. The molecule has 0 radical (unpaired) electrons. The van der Waals surface area contributed by atoms with Crippen molar-refractivity contribution in [1.29, 1.82) is 0 Å². The lowest BCUT2D eigenvalue weighted by Gasteiger charge is -2.49.